The van der Waals surface area contributed by atoms with Crippen molar-refractivity contribution in [1.82, 2.24) is 4.90 Å². The number of piperidine rings is 1. The van der Waals surface area contributed by atoms with Gasteiger partial charge in [0.25, 0.3) is 0 Å². The molecule has 2 fully saturated rings. The van der Waals surface area contributed by atoms with E-state index in [1.165, 1.54) is 6.42 Å². The summed E-state index contributed by atoms with van der Waals surface area (Å²) in [6, 6.07) is 10.1. The van der Waals surface area contributed by atoms with Gasteiger partial charge in [0, 0.05) is 18.5 Å². The van der Waals surface area contributed by atoms with E-state index in [9.17, 15) is 9.59 Å². The summed E-state index contributed by atoms with van der Waals surface area (Å²) in [5.74, 6) is -0.407. The van der Waals surface area contributed by atoms with Crippen LogP contribution in [0.1, 0.15) is 38.2 Å². The number of nitrogens with zero attached hydrogens (tertiary/aromatic N) is 2. The molecule has 2 aliphatic carbocycles. The second kappa shape index (κ2) is 5.84. The van der Waals surface area contributed by atoms with Crippen LogP contribution in [-0.4, -0.2) is 29.2 Å². The van der Waals surface area contributed by atoms with E-state index in [2.05, 4.69) is 4.85 Å². The summed E-state index contributed by atoms with van der Waals surface area (Å²) in [5.41, 5.74) is 0.161. The molecule has 0 bridgehead atoms. The smallest absolute Gasteiger partial charge is 0.236 e. The number of carbonyl (C=O) groups excluding carboxylic acids is 2. The van der Waals surface area contributed by atoms with Crippen molar-refractivity contribution in [3.05, 3.63) is 59.1 Å². The molecule has 4 nitrogen and oxygen atoms in total. The molecule has 25 heavy (non-hydrogen) atoms. The van der Waals surface area contributed by atoms with Gasteiger partial charge in [0.15, 0.2) is 5.78 Å². The zero-order valence-corrected chi connectivity index (χ0v) is 14.4. The van der Waals surface area contributed by atoms with Crippen LogP contribution in [0.2, 0.25) is 0 Å². The number of allylic oxidation sites excluding steroid dienone is 1. The second-order valence-corrected chi connectivity index (χ2v) is 7.51. The molecule has 0 spiro atoms. The molecule has 1 aromatic rings. The van der Waals surface area contributed by atoms with Crippen molar-refractivity contribution in [2.24, 2.45) is 11.8 Å². The van der Waals surface area contributed by atoms with Gasteiger partial charge >= 0.3 is 0 Å². The first-order valence-corrected chi connectivity index (χ1v) is 9.10. The van der Waals surface area contributed by atoms with Crippen LogP contribution in [0.4, 0.5) is 0 Å². The highest BCUT2D eigenvalue weighted by Crippen LogP contribution is 2.50. The van der Waals surface area contributed by atoms with E-state index < -0.39 is 5.41 Å². The summed E-state index contributed by atoms with van der Waals surface area (Å²) in [5, 5.41) is 0. The highest BCUT2D eigenvalue weighted by atomic mass is 16.2. The number of hydrogen-bond donors (Lipinski definition) is 0. The average Bonchev–Trinajstić information content (AvgIpc) is 2.60. The van der Waals surface area contributed by atoms with Gasteiger partial charge in [-0.05, 0) is 37.2 Å². The first-order valence-electron chi connectivity index (χ1n) is 9.10. The van der Waals surface area contributed by atoms with E-state index in [1.54, 1.807) is 6.08 Å². The number of fused-ring (bicyclic) bond motifs is 1. The maximum Gasteiger partial charge on any atom is 0.236 e. The van der Waals surface area contributed by atoms with E-state index in [0.29, 0.717) is 6.04 Å². The number of rotatable bonds is 2. The molecule has 3 aliphatic rings. The Bertz CT molecular complexity index is 788. The minimum Gasteiger partial charge on any atom is -0.339 e. The minimum atomic E-state index is -0.873. The fraction of sp³-hybridized carbons (Fsp3) is 0.476. The van der Waals surface area contributed by atoms with Gasteiger partial charge in [-0.15, -0.1) is 0 Å². The van der Waals surface area contributed by atoms with Crippen LogP contribution in [0.3, 0.4) is 0 Å². The number of benzene rings is 1. The summed E-state index contributed by atoms with van der Waals surface area (Å²) in [4.78, 5) is 31.8. The SMILES string of the molecule is [C-]#[N+]C1=C[C@]2(c3ccccc3)C(=O)N(C3CCC3)CC[C@H]2[C@H](C)C1=O. The topological polar surface area (TPSA) is 41.7 Å². The quantitative estimate of drug-likeness (QED) is 0.778. The van der Waals surface area contributed by atoms with E-state index in [1.807, 2.05) is 42.2 Å². The Morgan fingerprint density at radius 3 is 2.48 bits per heavy atom. The Morgan fingerprint density at radius 1 is 1.16 bits per heavy atom. The van der Waals surface area contributed by atoms with Crippen molar-refractivity contribution >= 4 is 11.7 Å². The van der Waals surface area contributed by atoms with Crippen molar-refractivity contribution in [3.8, 4) is 0 Å². The number of carbonyl (C=O) groups is 2. The van der Waals surface area contributed by atoms with E-state index >= 15 is 0 Å². The summed E-state index contributed by atoms with van der Waals surface area (Å²) >= 11 is 0. The van der Waals surface area contributed by atoms with E-state index in [0.717, 1.165) is 31.4 Å². The van der Waals surface area contributed by atoms with Gasteiger partial charge < -0.3 is 9.69 Å². The molecule has 0 aromatic heterocycles. The maximum absolute atomic E-state index is 13.7. The van der Waals surface area contributed by atoms with Gasteiger partial charge in [0.05, 0.1) is 12.0 Å². The van der Waals surface area contributed by atoms with Crippen molar-refractivity contribution in [3.63, 3.8) is 0 Å². The molecule has 1 aromatic carbocycles. The summed E-state index contributed by atoms with van der Waals surface area (Å²) in [6.07, 6.45) is 5.81. The molecule has 3 atom stereocenters. The van der Waals surface area contributed by atoms with Crippen molar-refractivity contribution in [1.29, 1.82) is 0 Å². The van der Waals surface area contributed by atoms with Crippen LogP contribution in [0, 0.1) is 18.4 Å². The van der Waals surface area contributed by atoms with Crippen LogP contribution in [0.15, 0.2) is 42.1 Å². The zero-order chi connectivity index (χ0) is 17.6. The predicted molar refractivity (Wildman–Crippen MR) is 94.4 cm³/mol. The molecule has 0 radical (unpaired) electrons. The third-order valence-corrected chi connectivity index (χ3v) is 6.40. The molecule has 1 aliphatic heterocycles. The summed E-state index contributed by atoms with van der Waals surface area (Å²) < 4.78 is 0. The van der Waals surface area contributed by atoms with Gasteiger partial charge in [-0.1, -0.05) is 43.3 Å². The number of hydrogen-bond acceptors (Lipinski definition) is 2. The average molecular weight is 334 g/mol. The molecule has 1 amide bonds. The van der Waals surface area contributed by atoms with Crippen LogP contribution < -0.4 is 0 Å². The third-order valence-electron chi connectivity index (χ3n) is 6.40. The Kier molecular flexibility index (Phi) is 3.76. The molecule has 128 valence electrons. The van der Waals surface area contributed by atoms with Gasteiger partial charge in [0.1, 0.15) is 0 Å². The number of amides is 1. The third kappa shape index (κ3) is 2.18. The lowest BCUT2D eigenvalue weighted by Crippen LogP contribution is -2.62. The standard InChI is InChI=1S/C21H22N2O2/c1-14-17-11-12-23(16-9-6-10-16)20(25)21(17,13-18(22-2)19(14)24)15-7-4-3-5-8-15/h3-5,7-8,13-14,16-17H,6,9-12H2,1H3/t14-,17-,21+/m0/s1. The van der Waals surface area contributed by atoms with Crippen LogP contribution >= 0.6 is 0 Å². The Balaban J connectivity index is 1.91. The molecule has 0 N–H and O–H groups in total. The fourth-order valence-corrected chi connectivity index (χ4v) is 4.79. The summed E-state index contributed by atoms with van der Waals surface area (Å²) in [6.45, 7) is 10.0. The molecule has 4 heteroatoms. The fourth-order valence-electron chi connectivity index (χ4n) is 4.79. The number of Topliss-reactive ketones (excluding diaryl/α,β-unsaturated/α-hetero) is 1. The van der Waals surface area contributed by atoms with E-state index in [-0.39, 0.29) is 29.2 Å². The lowest BCUT2D eigenvalue weighted by atomic mass is 9.57. The maximum atomic E-state index is 13.7. The van der Waals surface area contributed by atoms with Crippen molar-refractivity contribution < 1.29 is 9.59 Å². The lowest BCUT2D eigenvalue weighted by molar-refractivity contribution is -0.149. The lowest BCUT2D eigenvalue weighted by Gasteiger charge is -2.53. The number of likely N-dealkylation sites (tertiary alicyclic amines) is 1. The first kappa shape index (κ1) is 16.1. The predicted octanol–water partition coefficient (Wildman–Crippen LogP) is 3.35. The first-order chi connectivity index (χ1) is 12.1. The molecule has 1 heterocycles. The molecule has 4 rings (SSSR count). The van der Waals surface area contributed by atoms with Gasteiger partial charge in [-0.2, -0.15) is 0 Å². The monoisotopic (exact) mass is 334 g/mol. The molecular formula is C21H22N2O2. The number of ketones is 1. The van der Waals surface area contributed by atoms with Gasteiger partial charge in [-0.3, -0.25) is 4.79 Å². The van der Waals surface area contributed by atoms with Crippen LogP contribution in [-0.2, 0) is 15.0 Å². The Morgan fingerprint density at radius 2 is 1.88 bits per heavy atom. The van der Waals surface area contributed by atoms with Crippen molar-refractivity contribution in [2.75, 3.05) is 6.54 Å². The van der Waals surface area contributed by atoms with Crippen LogP contribution in [0.5, 0.6) is 0 Å². The second-order valence-electron chi connectivity index (χ2n) is 7.51. The van der Waals surface area contributed by atoms with Gasteiger partial charge in [-0.25, -0.2) is 4.85 Å². The van der Waals surface area contributed by atoms with Crippen molar-refractivity contribution in [2.45, 2.75) is 44.1 Å². The zero-order valence-electron chi connectivity index (χ0n) is 14.4. The normalized spacial score (nSPS) is 32.5. The minimum absolute atomic E-state index is 0.0725. The van der Waals surface area contributed by atoms with Gasteiger partial charge in [0.2, 0.25) is 11.6 Å². The van der Waals surface area contributed by atoms with E-state index in [4.69, 9.17) is 6.57 Å². The molecule has 1 saturated heterocycles. The largest absolute Gasteiger partial charge is 0.339 e. The highest BCUT2D eigenvalue weighted by Gasteiger charge is 2.57. The molecular weight excluding hydrogens is 312 g/mol. The highest BCUT2D eigenvalue weighted by molar-refractivity contribution is 6.04. The molecule has 0 unspecified atom stereocenters. The Labute approximate surface area is 148 Å². The molecule has 1 saturated carbocycles. The van der Waals surface area contributed by atoms with Crippen LogP contribution in [0.25, 0.3) is 4.85 Å². The summed E-state index contributed by atoms with van der Waals surface area (Å²) in [7, 11) is 0. The Hall–Kier alpha value is -2.41.